The molecule has 4 rings (SSSR count). The Hall–Kier alpha value is -3.91. The highest BCUT2D eigenvalue weighted by Crippen LogP contribution is 2.24. The highest BCUT2D eigenvalue weighted by Gasteiger charge is 2.10. The molecule has 2 aromatic carbocycles. The molecule has 0 unspecified atom stereocenters. The lowest BCUT2D eigenvalue weighted by molar-refractivity contribution is 0.389. The van der Waals surface area contributed by atoms with E-state index in [-0.39, 0.29) is 5.95 Å². The van der Waals surface area contributed by atoms with E-state index in [9.17, 15) is 0 Å². The molecule has 156 valence electrons. The van der Waals surface area contributed by atoms with E-state index in [0.29, 0.717) is 29.2 Å². The van der Waals surface area contributed by atoms with E-state index in [1.165, 1.54) is 7.11 Å². The van der Waals surface area contributed by atoms with Crippen molar-refractivity contribution in [3.8, 4) is 28.8 Å². The maximum atomic E-state index is 5.87. The van der Waals surface area contributed by atoms with Gasteiger partial charge in [0.1, 0.15) is 17.3 Å². The first-order chi connectivity index (χ1) is 15.2. The Morgan fingerprint density at radius 2 is 1.65 bits per heavy atom. The van der Waals surface area contributed by atoms with Crippen LogP contribution < -0.4 is 20.1 Å². The highest BCUT2D eigenvalue weighted by atomic mass is 32.1. The fraction of sp³-hybridized carbons (Fsp3) is 0.0870. The third kappa shape index (κ3) is 5.58. The van der Waals surface area contributed by atoms with Crippen LogP contribution in [-0.4, -0.2) is 22.2 Å². The van der Waals surface area contributed by atoms with Gasteiger partial charge in [-0.05, 0) is 36.5 Å². The molecule has 0 atom stereocenters. The van der Waals surface area contributed by atoms with Crippen molar-refractivity contribution in [3.05, 3.63) is 84.6 Å². The molecule has 0 spiro atoms. The zero-order chi connectivity index (χ0) is 21.5. The minimum Gasteiger partial charge on any atom is -0.481 e. The summed E-state index contributed by atoms with van der Waals surface area (Å²) in [5.41, 5.74) is 1.02. The molecule has 31 heavy (non-hydrogen) atoms. The van der Waals surface area contributed by atoms with Crippen molar-refractivity contribution in [2.45, 2.75) is 6.54 Å². The van der Waals surface area contributed by atoms with Crippen LogP contribution in [0.3, 0.4) is 0 Å². The van der Waals surface area contributed by atoms with Crippen LogP contribution in [0.2, 0.25) is 0 Å². The molecule has 2 heterocycles. The lowest BCUT2D eigenvalue weighted by Gasteiger charge is -2.11. The summed E-state index contributed by atoms with van der Waals surface area (Å²) in [6, 6.07) is 24.7. The predicted molar refractivity (Wildman–Crippen MR) is 122 cm³/mol. The second-order valence-corrected chi connectivity index (χ2v) is 6.84. The molecule has 2 N–H and O–H groups in total. The SMILES string of the molecule is COc1cc(Oc2ccccc2)nc(NC(=S)NCc2ccc(-c3ccccc3)o2)n1. The fourth-order valence-corrected chi connectivity index (χ4v) is 2.93. The van der Waals surface area contributed by atoms with Crippen LogP contribution in [0.15, 0.2) is 83.3 Å². The highest BCUT2D eigenvalue weighted by molar-refractivity contribution is 7.80. The molecule has 2 aromatic heterocycles. The number of nitrogens with one attached hydrogen (secondary N) is 2. The number of rotatable bonds is 7. The third-order valence-corrected chi connectivity index (χ3v) is 4.47. The van der Waals surface area contributed by atoms with Crippen molar-refractivity contribution in [1.82, 2.24) is 15.3 Å². The third-order valence-electron chi connectivity index (χ3n) is 4.22. The Kier molecular flexibility index (Phi) is 6.39. The van der Waals surface area contributed by atoms with Crippen molar-refractivity contribution < 1.29 is 13.9 Å². The number of anilines is 1. The van der Waals surface area contributed by atoms with Crippen LogP contribution >= 0.6 is 12.2 Å². The average Bonchev–Trinajstić information content (AvgIpc) is 3.28. The van der Waals surface area contributed by atoms with Gasteiger partial charge in [0.2, 0.25) is 17.7 Å². The Labute approximate surface area is 185 Å². The molecule has 0 saturated heterocycles. The lowest BCUT2D eigenvalue weighted by atomic mass is 10.2. The van der Waals surface area contributed by atoms with Gasteiger partial charge in [-0.15, -0.1) is 0 Å². The van der Waals surface area contributed by atoms with Crippen LogP contribution in [0, 0.1) is 0 Å². The van der Waals surface area contributed by atoms with E-state index in [1.807, 2.05) is 72.8 Å². The normalized spacial score (nSPS) is 10.4. The van der Waals surface area contributed by atoms with Gasteiger partial charge >= 0.3 is 0 Å². The molecule has 0 fully saturated rings. The Bertz CT molecular complexity index is 1150. The summed E-state index contributed by atoms with van der Waals surface area (Å²) < 4.78 is 16.9. The molecule has 0 aliphatic rings. The van der Waals surface area contributed by atoms with Crippen molar-refractivity contribution in [2.24, 2.45) is 0 Å². The molecular weight excluding hydrogens is 412 g/mol. The van der Waals surface area contributed by atoms with E-state index in [2.05, 4.69) is 20.6 Å². The first-order valence-electron chi connectivity index (χ1n) is 9.54. The van der Waals surface area contributed by atoms with Gasteiger partial charge in [0.05, 0.1) is 19.7 Å². The number of ether oxygens (including phenoxy) is 2. The zero-order valence-electron chi connectivity index (χ0n) is 16.7. The molecule has 0 aliphatic heterocycles. The summed E-state index contributed by atoms with van der Waals surface area (Å²) in [7, 11) is 1.52. The van der Waals surface area contributed by atoms with Gasteiger partial charge in [-0.25, -0.2) is 0 Å². The number of nitrogens with zero attached hydrogens (tertiary/aromatic N) is 2. The van der Waals surface area contributed by atoms with E-state index in [4.69, 9.17) is 26.1 Å². The lowest BCUT2D eigenvalue weighted by Crippen LogP contribution is -2.28. The van der Waals surface area contributed by atoms with E-state index >= 15 is 0 Å². The first-order valence-corrected chi connectivity index (χ1v) is 9.95. The molecule has 0 aliphatic carbocycles. The zero-order valence-corrected chi connectivity index (χ0v) is 17.6. The fourth-order valence-electron chi connectivity index (χ4n) is 2.77. The van der Waals surface area contributed by atoms with Crippen LogP contribution in [0.4, 0.5) is 5.95 Å². The molecule has 4 aromatic rings. The van der Waals surface area contributed by atoms with Crippen molar-refractivity contribution >= 4 is 23.3 Å². The number of aromatic nitrogens is 2. The summed E-state index contributed by atoms with van der Waals surface area (Å²) in [6.07, 6.45) is 0. The Morgan fingerprint density at radius 1 is 0.935 bits per heavy atom. The van der Waals surface area contributed by atoms with E-state index in [0.717, 1.165) is 17.1 Å². The van der Waals surface area contributed by atoms with Crippen LogP contribution in [0.1, 0.15) is 5.76 Å². The van der Waals surface area contributed by atoms with Crippen molar-refractivity contribution in [3.63, 3.8) is 0 Å². The van der Waals surface area contributed by atoms with Crippen molar-refractivity contribution in [2.75, 3.05) is 12.4 Å². The molecular formula is C23H20N4O3S. The maximum absolute atomic E-state index is 5.87. The van der Waals surface area contributed by atoms with Gasteiger partial charge in [0.25, 0.3) is 0 Å². The maximum Gasteiger partial charge on any atom is 0.235 e. The average molecular weight is 433 g/mol. The number of furan rings is 1. The van der Waals surface area contributed by atoms with E-state index < -0.39 is 0 Å². The van der Waals surface area contributed by atoms with Crippen LogP contribution in [0.5, 0.6) is 17.5 Å². The Morgan fingerprint density at radius 3 is 2.39 bits per heavy atom. The molecule has 8 heteroatoms. The van der Waals surface area contributed by atoms with Crippen LogP contribution in [0.25, 0.3) is 11.3 Å². The standard InChI is InChI=1S/C23H20N4O3S/c1-28-20-14-21(30-17-10-6-3-7-11-17)26-22(25-20)27-23(31)24-15-18-12-13-19(29-18)16-8-4-2-5-9-16/h2-14H,15H2,1H3,(H2,24,25,26,27,31). The number of methoxy groups -OCH3 is 1. The summed E-state index contributed by atoms with van der Waals surface area (Å²) in [5, 5.41) is 6.38. The van der Waals surface area contributed by atoms with Gasteiger partial charge < -0.3 is 24.5 Å². The molecule has 7 nitrogen and oxygen atoms in total. The Balaban J connectivity index is 1.38. The van der Waals surface area contributed by atoms with Gasteiger partial charge in [0.15, 0.2) is 5.11 Å². The topological polar surface area (TPSA) is 81.4 Å². The summed E-state index contributed by atoms with van der Waals surface area (Å²) in [6.45, 7) is 0.413. The number of thiocarbonyl (C=S) groups is 1. The second kappa shape index (κ2) is 9.73. The minimum atomic E-state index is 0.257. The number of hydrogen-bond donors (Lipinski definition) is 2. The number of para-hydroxylation sites is 1. The minimum absolute atomic E-state index is 0.257. The summed E-state index contributed by atoms with van der Waals surface area (Å²) in [5.74, 6) is 3.15. The predicted octanol–water partition coefficient (Wildman–Crippen LogP) is 5.02. The smallest absolute Gasteiger partial charge is 0.235 e. The monoisotopic (exact) mass is 432 g/mol. The first kappa shape index (κ1) is 20.4. The second-order valence-electron chi connectivity index (χ2n) is 6.43. The largest absolute Gasteiger partial charge is 0.481 e. The van der Waals surface area contributed by atoms with Gasteiger partial charge in [-0.2, -0.15) is 9.97 Å². The quantitative estimate of drug-likeness (QED) is 0.394. The molecule has 0 amide bonds. The van der Waals surface area contributed by atoms with Gasteiger partial charge in [0, 0.05) is 5.56 Å². The number of hydrogen-bond acceptors (Lipinski definition) is 6. The van der Waals surface area contributed by atoms with Crippen molar-refractivity contribution in [1.29, 1.82) is 0 Å². The molecule has 0 bridgehead atoms. The summed E-state index contributed by atoms with van der Waals surface area (Å²) in [4.78, 5) is 8.60. The molecule has 0 radical (unpaired) electrons. The van der Waals surface area contributed by atoms with Gasteiger partial charge in [-0.3, -0.25) is 0 Å². The van der Waals surface area contributed by atoms with Crippen LogP contribution in [-0.2, 0) is 6.54 Å². The van der Waals surface area contributed by atoms with E-state index in [1.54, 1.807) is 6.07 Å². The number of benzene rings is 2. The molecule has 0 saturated carbocycles. The van der Waals surface area contributed by atoms with Gasteiger partial charge in [-0.1, -0.05) is 48.5 Å². The summed E-state index contributed by atoms with van der Waals surface area (Å²) >= 11 is 5.36.